The fraction of sp³-hybridized carbons (Fsp3) is 0.238. The molecule has 1 aliphatic heterocycles. The molecule has 2 heterocycles. The molecule has 1 aliphatic rings. The van der Waals surface area contributed by atoms with Crippen LogP contribution in [-0.4, -0.2) is 44.8 Å². The molecule has 0 spiro atoms. The quantitative estimate of drug-likeness (QED) is 0.675. The number of ether oxygens (including phenoxy) is 1. The van der Waals surface area contributed by atoms with Crippen LogP contribution in [0.25, 0.3) is 16.5 Å². The average molecular weight is 395 g/mol. The summed E-state index contributed by atoms with van der Waals surface area (Å²) in [5.74, 6) is 1.60. The van der Waals surface area contributed by atoms with Gasteiger partial charge in [0, 0.05) is 24.7 Å². The van der Waals surface area contributed by atoms with Crippen LogP contribution in [0.4, 0.5) is 5.82 Å². The highest BCUT2D eigenvalue weighted by Gasteiger charge is 2.18. The van der Waals surface area contributed by atoms with E-state index in [1.54, 1.807) is 25.3 Å². The third kappa shape index (κ3) is 3.57. The summed E-state index contributed by atoms with van der Waals surface area (Å²) in [7, 11) is -1.62. The summed E-state index contributed by atoms with van der Waals surface area (Å²) in [6, 6.07) is 13.0. The third-order valence-electron chi connectivity index (χ3n) is 4.96. The largest absolute Gasteiger partial charge is 0.497 e. The summed E-state index contributed by atoms with van der Waals surface area (Å²) in [5.41, 5.74) is 3.16. The molecule has 7 heteroatoms. The van der Waals surface area contributed by atoms with Gasteiger partial charge in [0.2, 0.25) is 0 Å². The summed E-state index contributed by atoms with van der Waals surface area (Å²) < 4.78 is 29.2. The molecule has 6 nitrogen and oxygen atoms in total. The molecule has 3 aromatic rings. The average Bonchev–Trinajstić information content (AvgIpc) is 2.72. The normalized spacial score (nSPS) is 14.8. The molecular formula is C21H21N3O3S. The first kappa shape index (κ1) is 18.4. The van der Waals surface area contributed by atoms with Crippen LogP contribution in [0.15, 0.2) is 59.8 Å². The standard InChI is InChI=1S/C21H21N3O3S/c1-27-17-5-3-4-16(12-17)15-8-10-24(11-9-15)21-19-13-18(28(2,25)26)6-7-20(19)22-14-23-21/h3-8,12-14H,9-11H2,1-2H3. The predicted molar refractivity (Wildman–Crippen MR) is 110 cm³/mol. The van der Waals surface area contributed by atoms with Gasteiger partial charge in [-0.05, 0) is 47.9 Å². The van der Waals surface area contributed by atoms with Crippen LogP contribution in [0.3, 0.4) is 0 Å². The molecule has 0 saturated carbocycles. The van der Waals surface area contributed by atoms with Crippen LogP contribution in [0.1, 0.15) is 12.0 Å². The molecule has 1 aromatic heterocycles. The second-order valence-corrected chi connectivity index (χ2v) is 8.82. The van der Waals surface area contributed by atoms with Crippen LogP contribution in [0.5, 0.6) is 5.75 Å². The van der Waals surface area contributed by atoms with E-state index in [1.807, 2.05) is 18.2 Å². The number of hydrogen-bond acceptors (Lipinski definition) is 6. The fourth-order valence-electron chi connectivity index (χ4n) is 3.45. The number of fused-ring (bicyclic) bond motifs is 1. The van der Waals surface area contributed by atoms with Crippen molar-refractivity contribution in [1.82, 2.24) is 9.97 Å². The number of hydrogen-bond donors (Lipinski definition) is 0. The Morgan fingerprint density at radius 1 is 1.11 bits per heavy atom. The third-order valence-corrected chi connectivity index (χ3v) is 6.07. The topological polar surface area (TPSA) is 72.4 Å². The van der Waals surface area contributed by atoms with Gasteiger partial charge in [-0.2, -0.15) is 0 Å². The lowest BCUT2D eigenvalue weighted by Gasteiger charge is -2.28. The van der Waals surface area contributed by atoms with Crippen molar-refractivity contribution in [3.05, 3.63) is 60.4 Å². The summed E-state index contributed by atoms with van der Waals surface area (Å²) in [6.45, 7) is 1.49. The number of rotatable bonds is 4. The SMILES string of the molecule is COc1cccc(C2=CCN(c3ncnc4ccc(S(C)(=O)=O)cc34)CC2)c1. The Morgan fingerprint density at radius 2 is 1.96 bits per heavy atom. The van der Waals surface area contributed by atoms with Gasteiger partial charge in [0.05, 0.1) is 17.5 Å². The van der Waals surface area contributed by atoms with E-state index >= 15 is 0 Å². The van der Waals surface area contributed by atoms with Gasteiger partial charge in [-0.3, -0.25) is 0 Å². The fourth-order valence-corrected chi connectivity index (χ4v) is 4.10. The number of anilines is 1. The molecule has 0 amide bonds. The lowest BCUT2D eigenvalue weighted by molar-refractivity contribution is 0.414. The lowest BCUT2D eigenvalue weighted by atomic mass is 9.99. The highest BCUT2D eigenvalue weighted by atomic mass is 32.2. The van der Waals surface area contributed by atoms with E-state index in [4.69, 9.17) is 4.74 Å². The zero-order valence-electron chi connectivity index (χ0n) is 15.8. The van der Waals surface area contributed by atoms with Gasteiger partial charge in [0.15, 0.2) is 9.84 Å². The minimum atomic E-state index is -3.29. The van der Waals surface area contributed by atoms with Crippen molar-refractivity contribution in [2.24, 2.45) is 0 Å². The molecule has 0 atom stereocenters. The van der Waals surface area contributed by atoms with Crippen molar-refractivity contribution in [2.75, 3.05) is 31.4 Å². The smallest absolute Gasteiger partial charge is 0.175 e. The number of methoxy groups -OCH3 is 1. The second kappa shape index (κ2) is 7.24. The molecule has 2 aromatic carbocycles. The Balaban J connectivity index is 1.67. The molecule has 0 fully saturated rings. The summed E-state index contributed by atoms with van der Waals surface area (Å²) in [4.78, 5) is 11.2. The van der Waals surface area contributed by atoms with Gasteiger partial charge in [-0.15, -0.1) is 0 Å². The van der Waals surface area contributed by atoms with E-state index in [1.165, 1.54) is 18.2 Å². The maximum atomic E-state index is 11.9. The second-order valence-electron chi connectivity index (χ2n) is 6.81. The molecule has 0 unspecified atom stereocenters. The minimum Gasteiger partial charge on any atom is -0.497 e. The van der Waals surface area contributed by atoms with Crippen LogP contribution in [-0.2, 0) is 9.84 Å². The monoisotopic (exact) mass is 395 g/mol. The molecule has 0 bridgehead atoms. The van der Waals surface area contributed by atoms with Crippen LogP contribution < -0.4 is 9.64 Å². The Hall–Kier alpha value is -2.93. The Bertz CT molecular complexity index is 1170. The number of aromatic nitrogens is 2. The first-order valence-corrected chi connectivity index (χ1v) is 10.9. The molecule has 28 heavy (non-hydrogen) atoms. The zero-order chi connectivity index (χ0) is 19.7. The maximum Gasteiger partial charge on any atom is 0.175 e. The summed E-state index contributed by atoms with van der Waals surface area (Å²) in [5, 5.41) is 0.753. The Morgan fingerprint density at radius 3 is 2.68 bits per heavy atom. The van der Waals surface area contributed by atoms with E-state index < -0.39 is 9.84 Å². The van der Waals surface area contributed by atoms with Crippen LogP contribution >= 0.6 is 0 Å². The van der Waals surface area contributed by atoms with Crippen molar-refractivity contribution in [1.29, 1.82) is 0 Å². The molecule has 0 saturated heterocycles. The molecule has 0 radical (unpaired) electrons. The van der Waals surface area contributed by atoms with Gasteiger partial charge in [-0.25, -0.2) is 18.4 Å². The van der Waals surface area contributed by atoms with E-state index in [0.717, 1.165) is 41.0 Å². The Kier molecular flexibility index (Phi) is 4.77. The van der Waals surface area contributed by atoms with Crippen molar-refractivity contribution in [3.8, 4) is 5.75 Å². The highest BCUT2D eigenvalue weighted by molar-refractivity contribution is 7.90. The van der Waals surface area contributed by atoms with Crippen LogP contribution in [0, 0.1) is 0 Å². The van der Waals surface area contributed by atoms with Gasteiger partial charge >= 0.3 is 0 Å². The maximum absolute atomic E-state index is 11.9. The number of benzene rings is 2. The first-order valence-electron chi connectivity index (χ1n) is 8.99. The molecular weight excluding hydrogens is 374 g/mol. The van der Waals surface area contributed by atoms with Crippen molar-refractivity contribution >= 4 is 32.1 Å². The van der Waals surface area contributed by atoms with Crippen molar-refractivity contribution < 1.29 is 13.2 Å². The highest BCUT2D eigenvalue weighted by Crippen LogP contribution is 2.30. The summed E-state index contributed by atoms with van der Waals surface area (Å²) in [6.07, 6.45) is 5.79. The van der Waals surface area contributed by atoms with Gasteiger partial charge in [-0.1, -0.05) is 18.2 Å². The minimum absolute atomic E-state index is 0.278. The first-order chi connectivity index (χ1) is 13.5. The van der Waals surface area contributed by atoms with E-state index in [0.29, 0.717) is 6.54 Å². The van der Waals surface area contributed by atoms with Crippen molar-refractivity contribution in [3.63, 3.8) is 0 Å². The van der Waals surface area contributed by atoms with Crippen LogP contribution in [0.2, 0.25) is 0 Å². The molecule has 144 valence electrons. The molecule has 0 aliphatic carbocycles. The number of sulfone groups is 1. The van der Waals surface area contributed by atoms with Crippen molar-refractivity contribution in [2.45, 2.75) is 11.3 Å². The summed E-state index contributed by atoms with van der Waals surface area (Å²) >= 11 is 0. The van der Waals surface area contributed by atoms with E-state index in [-0.39, 0.29) is 4.90 Å². The van der Waals surface area contributed by atoms with Gasteiger partial charge in [0.1, 0.15) is 17.9 Å². The Labute approximate surface area is 164 Å². The predicted octanol–water partition coefficient (Wildman–Crippen LogP) is 3.34. The molecule has 0 N–H and O–H groups in total. The molecule has 4 rings (SSSR count). The van der Waals surface area contributed by atoms with Gasteiger partial charge in [0.25, 0.3) is 0 Å². The van der Waals surface area contributed by atoms with E-state index in [9.17, 15) is 8.42 Å². The zero-order valence-corrected chi connectivity index (χ0v) is 16.6. The van der Waals surface area contributed by atoms with E-state index in [2.05, 4.69) is 27.0 Å². The lowest BCUT2D eigenvalue weighted by Crippen LogP contribution is -2.29. The van der Waals surface area contributed by atoms with Gasteiger partial charge < -0.3 is 9.64 Å². The number of nitrogens with zero attached hydrogens (tertiary/aromatic N) is 3.